The van der Waals surface area contributed by atoms with E-state index in [1.807, 2.05) is 0 Å². The molecule has 0 bridgehead atoms. The normalized spacial score (nSPS) is 10.1. The van der Waals surface area contributed by atoms with Crippen LogP contribution in [0.3, 0.4) is 0 Å². The molecular formula is C17H16F2N2O4. The first-order valence-corrected chi connectivity index (χ1v) is 7.19. The standard InChI is InChI=1S/C17H16F2N2O4/c1-24-11-4-6-15(25-2)14(8-11)21-17(23)9-16(22)20-10-3-5-12(18)13(19)7-10/h3-8H,9H2,1-2H3,(H,20,22)(H,21,23). The fourth-order valence-corrected chi connectivity index (χ4v) is 2.03. The number of methoxy groups -OCH3 is 2. The van der Waals surface area contributed by atoms with E-state index in [0.717, 1.165) is 12.1 Å². The molecule has 132 valence electrons. The topological polar surface area (TPSA) is 76.7 Å². The van der Waals surface area contributed by atoms with Gasteiger partial charge in [0.15, 0.2) is 11.6 Å². The highest BCUT2D eigenvalue weighted by Crippen LogP contribution is 2.29. The van der Waals surface area contributed by atoms with Gasteiger partial charge in [0.25, 0.3) is 0 Å². The predicted octanol–water partition coefficient (Wildman–Crippen LogP) is 2.95. The van der Waals surface area contributed by atoms with E-state index in [2.05, 4.69) is 10.6 Å². The molecule has 0 saturated carbocycles. The lowest BCUT2D eigenvalue weighted by Gasteiger charge is -2.12. The maximum atomic E-state index is 13.1. The molecule has 8 heteroatoms. The van der Waals surface area contributed by atoms with Gasteiger partial charge in [-0.1, -0.05) is 0 Å². The molecule has 0 aliphatic heterocycles. The monoisotopic (exact) mass is 350 g/mol. The minimum absolute atomic E-state index is 0.0515. The van der Waals surface area contributed by atoms with Crippen LogP contribution in [0.2, 0.25) is 0 Å². The number of carbonyl (C=O) groups is 2. The number of benzene rings is 2. The number of amides is 2. The van der Waals surface area contributed by atoms with Crippen molar-refractivity contribution in [2.24, 2.45) is 0 Å². The average molecular weight is 350 g/mol. The van der Waals surface area contributed by atoms with Crippen molar-refractivity contribution >= 4 is 23.2 Å². The van der Waals surface area contributed by atoms with Gasteiger partial charge < -0.3 is 20.1 Å². The van der Waals surface area contributed by atoms with Crippen LogP contribution < -0.4 is 20.1 Å². The molecule has 2 aromatic carbocycles. The summed E-state index contributed by atoms with van der Waals surface area (Å²) in [6, 6.07) is 7.71. The summed E-state index contributed by atoms with van der Waals surface area (Å²) in [7, 11) is 2.91. The molecule has 0 heterocycles. The Morgan fingerprint density at radius 1 is 0.920 bits per heavy atom. The summed E-state index contributed by atoms with van der Waals surface area (Å²) < 4.78 is 36.1. The highest BCUT2D eigenvalue weighted by Gasteiger charge is 2.14. The van der Waals surface area contributed by atoms with Gasteiger partial charge in [-0.3, -0.25) is 9.59 Å². The second-order valence-electron chi connectivity index (χ2n) is 4.97. The smallest absolute Gasteiger partial charge is 0.233 e. The Kier molecular flexibility index (Phi) is 5.89. The van der Waals surface area contributed by atoms with E-state index >= 15 is 0 Å². The van der Waals surface area contributed by atoms with Crippen LogP contribution in [0.5, 0.6) is 11.5 Å². The zero-order valence-electron chi connectivity index (χ0n) is 13.6. The van der Waals surface area contributed by atoms with Crippen LogP contribution >= 0.6 is 0 Å². The number of hydrogen-bond donors (Lipinski definition) is 2. The van der Waals surface area contributed by atoms with Gasteiger partial charge in [0.2, 0.25) is 11.8 Å². The molecule has 25 heavy (non-hydrogen) atoms. The summed E-state index contributed by atoms with van der Waals surface area (Å²) in [5.74, 6) is -2.50. The van der Waals surface area contributed by atoms with Crippen LogP contribution in [0.1, 0.15) is 6.42 Å². The molecule has 0 aliphatic carbocycles. The summed E-state index contributed by atoms with van der Waals surface area (Å²) in [6.07, 6.45) is -0.515. The van der Waals surface area contributed by atoms with Crippen molar-refractivity contribution in [1.82, 2.24) is 0 Å². The summed E-state index contributed by atoms with van der Waals surface area (Å²) >= 11 is 0. The Balaban J connectivity index is 1.99. The molecule has 0 aliphatic rings. The third kappa shape index (κ3) is 4.90. The van der Waals surface area contributed by atoms with Gasteiger partial charge >= 0.3 is 0 Å². The quantitative estimate of drug-likeness (QED) is 0.786. The Morgan fingerprint density at radius 2 is 1.64 bits per heavy atom. The van der Waals surface area contributed by atoms with Gasteiger partial charge in [-0.25, -0.2) is 8.78 Å². The number of carbonyl (C=O) groups excluding carboxylic acids is 2. The van der Waals surface area contributed by atoms with Gasteiger partial charge in [0.1, 0.15) is 17.9 Å². The average Bonchev–Trinajstić information content (AvgIpc) is 2.57. The van der Waals surface area contributed by atoms with Crippen LogP contribution in [-0.2, 0) is 9.59 Å². The fraction of sp³-hybridized carbons (Fsp3) is 0.176. The maximum Gasteiger partial charge on any atom is 0.233 e. The molecule has 0 spiro atoms. The summed E-state index contributed by atoms with van der Waals surface area (Å²) in [5, 5.41) is 4.85. The molecule has 6 nitrogen and oxygen atoms in total. The van der Waals surface area contributed by atoms with Crippen molar-refractivity contribution < 1.29 is 27.8 Å². The van der Waals surface area contributed by atoms with E-state index in [0.29, 0.717) is 17.2 Å². The third-order valence-corrected chi connectivity index (χ3v) is 3.21. The van der Waals surface area contributed by atoms with E-state index < -0.39 is 29.9 Å². The molecule has 2 amide bonds. The van der Waals surface area contributed by atoms with E-state index in [9.17, 15) is 18.4 Å². The van der Waals surface area contributed by atoms with Gasteiger partial charge in [-0.05, 0) is 24.3 Å². The van der Waals surface area contributed by atoms with Crippen LogP contribution in [0.25, 0.3) is 0 Å². The maximum absolute atomic E-state index is 13.1. The zero-order chi connectivity index (χ0) is 18.4. The number of anilines is 2. The molecule has 2 N–H and O–H groups in total. The van der Waals surface area contributed by atoms with Crippen LogP contribution in [-0.4, -0.2) is 26.0 Å². The third-order valence-electron chi connectivity index (χ3n) is 3.21. The first-order valence-electron chi connectivity index (χ1n) is 7.19. The Labute approximate surface area is 142 Å². The van der Waals surface area contributed by atoms with Gasteiger partial charge in [0, 0.05) is 17.8 Å². The van der Waals surface area contributed by atoms with Crippen molar-refractivity contribution in [2.75, 3.05) is 24.9 Å². The number of nitrogens with one attached hydrogen (secondary N) is 2. The minimum atomic E-state index is -1.09. The lowest BCUT2D eigenvalue weighted by molar-refractivity contribution is -0.123. The SMILES string of the molecule is COc1ccc(OC)c(NC(=O)CC(=O)Nc2ccc(F)c(F)c2)c1. The van der Waals surface area contributed by atoms with Crippen LogP contribution in [0, 0.1) is 11.6 Å². The Bertz CT molecular complexity index is 796. The number of ether oxygens (including phenoxy) is 2. The minimum Gasteiger partial charge on any atom is -0.497 e. The molecule has 2 rings (SSSR count). The second kappa shape index (κ2) is 8.09. The largest absolute Gasteiger partial charge is 0.497 e. The van der Waals surface area contributed by atoms with Gasteiger partial charge in [-0.15, -0.1) is 0 Å². The lowest BCUT2D eigenvalue weighted by Crippen LogP contribution is -2.21. The van der Waals surface area contributed by atoms with Crippen molar-refractivity contribution in [3.05, 3.63) is 48.0 Å². The summed E-state index contributed by atoms with van der Waals surface area (Å²) in [5.41, 5.74) is 0.392. The summed E-state index contributed by atoms with van der Waals surface area (Å²) in [6.45, 7) is 0. The molecule has 0 aromatic heterocycles. The molecule has 0 atom stereocenters. The van der Waals surface area contributed by atoms with Crippen molar-refractivity contribution in [3.8, 4) is 11.5 Å². The molecular weight excluding hydrogens is 334 g/mol. The van der Waals surface area contributed by atoms with E-state index in [4.69, 9.17) is 9.47 Å². The van der Waals surface area contributed by atoms with Crippen LogP contribution in [0.4, 0.5) is 20.2 Å². The van der Waals surface area contributed by atoms with E-state index in [-0.39, 0.29) is 5.69 Å². The Morgan fingerprint density at radius 3 is 2.28 bits per heavy atom. The number of hydrogen-bond acceptors (Lipinski definition) is 4. The number of rotatable bonds is 6. The van der Waals surface area contributed by atoms with Gasteiger partial charge in [-0.2, -0.15) is 0 Å². The first kappa shape index (κ1) is 18.2. The molecule has 0 unspecified atom stereocenters. The highest BCUT2D eigenvalue weighted by molar-refractivity contribution is 6.08. The second-order valence-corrected chi connectivity index (χ2v) is 4.97. The van der Waals surface area contributed by atoms with E-state index in [1.165, 1.54) is 20.3 Å². The van der Waals surface area contributed by atoms with E-state index in [1.54, 1.807) is 18.2 Å². The predicted molar refractivity (Wildman–Crippen MR) is 87.8 cm³/mol. The van der Waals surface area contributed by atoms with Crippen molar-refractivity contribution in [3.63, 3.8) is 0 Å². The molecule has 2 aromatic rings. The zero-order valence-corrected chi connectivity index (χ0v) is 13.6. The number of halogens is 2. The fourth-order valence-electron chi connectivity index (χ4n) is 2.03. The van der Waals surface area contributed by atoms with Crippen molar-refractivity contribution in [1.29, 1.82) is 0 Å². The molecule has 0 saturated heterocycles. The van der Waals surface area contributed by atoms with Gasteiger partial charge in [0.05, 0.1) is 19.9 Å². The lowest BCUT2D eigenvalue weighted by atomic mass is 10.2. The highest BCUT2D eigenvalue weighted by atomic mass is 19.2. The molecule has 0 radical (unpaired) electrons. The molecule has 0 fully saturated rings. The Hall–Kier alpha value is -3.16. The summed E-state index contributed by atoms with van der Waals surface area (Å²) in [4.78, 5) is 23.8. The first-order chi connectivity index (χ1) is 11.9. The van der Waals surface area contributed by atoms with Crippen molar-refractivity contribution in [2.45, 2.75) is 6.42 Å². The van der Waals surface area contributed by atoms with Crippen LogP contribution in [0.15, 0.2) is 36.4 Å².